The molecule has 17 heteroatoms. The maximum absolute atomic E-state index is 14.7. The molecule has 3 aliphatic rings. The predicted octanol–water partition coefficient (Wildman–Crippen LogP) is 9.43. The number of thiazole rings is 1. The molecule has 3 aliphatic heterocycles. The van der Waals surface area contributed by atoms with Gasteiger partial charge in [0.2, 0.25) is 6.29 Å². The van der Waals surface area contributed by atoms with Gasteiger partial charge in [-0.1, -0.05) is 169 Å². The van der Waals surface area contributed by atoms with E-state index in [1.807, 2.05) is 115 Å². The van der Waals surface area contributed by atoms with Crippen LogP contribution in [0.3, 0.4) is 0 Å². The normalized spacial score (nSPS) is 18.3. The highest BCUT2D eigenvalue weighted by Crippen LogP contribution is 2.44. The Morgan fingerprint density at radius 3 is 2.01 bits per heavy atom. The Kier molecular flexibility index (Phi) is 14.3. The molecule has 69 heavy (non-hydrogen) atoms. The van der Waals surface area contributed by atoms with Crippen molar-refractivity contribution >= 4 is 75.0 Å². The molecule has 0 spiro atoms. The monoisotopic (exact) mass is 991 g/mol. The number of aromatic nitrogens is 3. The van der Waals surface area contributed by atoms with Gasteiger partial charge in [0.15, 0.2) is 21.3 Å². The first-order valence-electron chi connectivity index (χ1n) is 22.4. The molecule has 0 saturated carbocycles. The molecule has 0 aliphatic carbocycles. The number of nitrogens with zero attached hydrogens (tertiary/aromatic N) is 5. The summed E-state index contributed by atoms with van der Waals surface area (Å²) in [5.74, 6) is -1.00. The van der Waals surface area contributed by atoms with Gasteiger partial charge in [0.1, 0.15) is 34.7 Å². The summed E-state index contributed by atoms with van der Waals surface area (Å²) in [6.07, 6.45) is 2.47. The molecule has 2 fully saturated rings. The molecule has 2 aromatic heterocycles. The number of hydrogen-bond acceptors (Lipinski definition) is 15. The first-order valence-corrected chi connectivity index (χ1v) is 26.1. The van der Waals surface area contributed by atoms with E-state index >= 15 is 0 Å². The fourth-order valence-corrected chi connectivity index (χ4v) is 12.3. The summed E-state index contributed by atoms with van der Waals surface area (Å²) in [7, 11) is 0. The number of esters is 1. The van der Waals surface area contributed by atoms with Gasteiger partial charge in [-0.3, -0.25) is 14.5 Å². The van der Waals surface area contributed by atoms with Crippen LogP contribution in [-0.4, -0.2) is 78.6 Å². The third-order valence-corrected chi connectivity index (χ3v) is 15.9. The van der Waals surface area contributed by atoms with Gasteiger partial charge < -0.3 is 24.9 Å². The molecule has 0 radical (unpaired) electrons. The maximum atomic E-state index is 14.7. The van der Waals surface area contributed by atoms with Crippen LogP contribution in [0.15, 0.2) is 184 Å². The maximum Gasteiger partial charge on any atom is 0.356 e. The van der Waals surface area contributed by atoms with E-state index in [1.165, 1.54) is 57.6 Å². The summed E-state index contributed by atoms with van der Waals surface area (Å²) in [6, 6.07) is 48.4. The number of rotatable bonds is 17. The van der Waals surface area contributed by atoms with Crippen molar-refractivity contribution in [3.63, 3.8) is 0 Å². The van der Waals surface area contributed by atoms with Crippen molar-refractivity contribution in [1.29, 1.82) is 0 Å². The number of amides is 2. The number of fused-ring (bicyclic) bond motifs is 1. The second-order valence-corrected chi connectivity index (χ2v) is 20.2. The van der Waals surface area contributed by atoms with Crippen molar-refractivity contribution in [1.82, 2.24) is 24.6 Å². The molecule has 7 aromatic rings. The van der Waals surface area contributed by atoms with Gasteiger partial charge in [-0.25, -0.2) is 14.8 Å². The highest BCUT2D eigenvalue weighted by Gasteiger charge is 2.55. The van der Waals surface area contributed by atoms with Crippen LogP contribution < -0.4 is 10.6 Å². The fourth-order valence-electron chi connectivity index (χ4n) is 8.61. The molecule has 5 aromatic carbocycles. The lowest BCUT2D eigenvalue weighted by atomic mass is 9.77. The van der Waals surface area contributed by atoms with Gasteiger partial charge >= 0.3 is 5.97 Å². The zero-order valence-corrected chi connectivity index (χ0v) is 40.2. The Labute approximate surface area is 415 Å². The molecule has 3 atom stereocenters. The van der Waals surface area contributed by atoms with Crippen LogP contribution in [0.1, 0.15) is 58.9 Å². The van der Waals surface area contributed by atoms with Gasteiger partial charge in [-0.15, -0.1) is 23.1 Å². The minimum atomic E-state index is -1.00. The zero-order valence-electron chi connectivity index (χ0n) is 37.0. The van der Waals surface area contributed by atoms with E-state index < -0.39 is 47.1 Å². The van der Waals surface area contributed by atoms with Gasteiger partial charge in [-0.05, 0) is 57.8 Å². The van der Waals surface area contributed by atoms with E-state index in [-0.39, 0.29) is 17.1 Å². The number of anilines is 1. The largest absolute Gasteiger partial charge is 0.448 e. The molecule has 10 rings (SSSR count). The quantitative estimate of drug-likeness (QED) is 0.0223. The molecule has 2 amide bonds. The van der Waals surface area contributed by atoms with Gasteiger partial charge in [0.25, 0.3) is 11.8 Å². The summed E-state index contributed by atoms with van der Waals surface area (Å²) in [6.45, 7) is 0.509. The van der Waals surface area contributed by atoms with Crippen LogP contribution in [0.2, 0.25) is 0 Å². The van der Waals surface area contributed by atoms with Gasteiger partial charge in [0, 0.05) is 23.3 Å². The van der Waals surface area contributed by atoms with Crippen LogP contribution >= 0.6 is 46.4 Å². The second-order valence-electron chi connectivity index (χ2n) is 16.3. The summed E-state index contributed by atoms with van der Waals surface area (Å²) in [4.78, 5) is 60.4. The molecule has 2 N–H and O–H groups in total. The number of carbonyl (C=O) groups excluding carboxylic acids is 3. The SMILES string of the molecule is O=C(NC1C(=O)N2C(C(=O)OC(c3ccccc3)c3ccccc3)=C(CSc3ncns3)CS[C@@H]12)C(=NOC1CCCCO1)c1csc(NC(c2ccccc2)(c2ccccc2)c2ccccc2)n1. The van der Waals surface area contributed by atoms with Crippen molar-refractivity contribution < 1.29 is 28.7 Å². The minimum absolute atomic E-state index is 0.122. The van der Waals surface area contributed by atoms with E-state index in [0.29, 0.717) is 35.2 Å². The fraction of sp³-hybridized carbons (Fsp3) is 0.212. The van der Waals surface area contributed by atoms with Crippen molar-refractivity contribution in [3.8, 4) is 0 Å². The standard InChI is InChI=1S/C52H45N7O6S4/c60-46(56-43-47(61)59-44(36(30-66-48(43)59)31-68-51-53-33-54-69-51)49(62)64-45(34-18-6-1-7-19-34)35-20-8-2-9-21-35)42(58-65-41-28-16-17-29-63-41)40-32-67-50(55-40)57-52(37-22-10-3-11-23-37,38-24-12-4-13-25-38)39-26-14-5-15-27-39/h1-15,18-27,32-33,41,43,45,48H,16-17,28-31H2,(H,55,57)(H,56,60)/t41?,43?,48-/m0/s1. The molecule has 0 bridgehead atoms. The predicted molar refractivity (Wildman–Crippen MR) is 270 cm³/mol. The van der Waals surface area contributed by atoms with E-state index in [0.717, 1.165) is 45.0 Å². The lowest BCUT2D eigenvalue weighted by Crippen LogP contribution is -2.71. The molecule has 2 unspecified atom stereocenters. The van der Waals surface area contributed by atoms with Gasteiger partial charge in [0.05, 0.1) is 6.61 Å². The van der Waals surface area contributed by atoms with Crippen LogP contribution in [-0.2, 0) is 34.2 Å². The molecule has 5 heterocycles. The summed E-state index contributed by atoms with van der Waals surface area (Å²) < 4.78 is 17.0. The Morgan fingerprint density at radius 1 is 0.841 bits per heavy atom. The Hall–Kier alpha value is -6.63. The zero-order chi connectivity index (χ0) is 47.0. The number of oxime groups is 1. The van der Waals surface area contributed by atoms with Crippen molar-refractivity contribution in [2.45, 2.75) is 53.0 Å². The number of thioether (sulfide) groups is 2. The Morgan fingerprint density at radius 2 is 1.45 bits per heavy atom. The smallest absolute Gasteiger partial charge is 0.356 e. The molecular formula is C52H45N7O6S4. The van der Waals surface area contributed by atoms with Crippen LogP contribution in [0.25, 0.3) is 0 Å². The Balaban J connectivity index is 0.945. The topological polar surface area (TPSA) is 157 Å². The Bertz CT molecular complexity index is 2790. The van der Waals surface area contributed by atoms with Crippen LogP contribution in [0, 0.1) is 0 Å². The summed E-state index contributed by atoms with van der Waals surface area (Å²) in [5.41, 5.74) is 4.62. The van der Waals surface area contributed by atoms with Crippen LogP contribution in [0.4, 0.5) is 5.13 Å². The molecule has 2 saturated heterocycles. The number of benzene rings is 5. The highest BCUT2D eigenvalue weighted by molar-refractivity contribution is 8.01. The highest BCUT2D eigenvalue weighted by atomic mass is 32.2. The number of β-lactam (4-membered cyclic amide) rings is 1. The number of ether oxygens (including phenoxy) is 2. The average molecular weight is 992 g/mol. The third-order valence-electron chi connectivity index (χ3n) is 11.9. The van der Waals surface area contributed by atoms with Crippen molar-refractivity contribution in [3.05, 3.63) is 208 Å². The number of hydrogen-bond donors (Lipinski definition) is 2. The molecule has 13 nitrogen and oxygen atoms in total. The second kappa shape index (κ2) is 21.3. The number of nitrogens with one attached hydrogen (secondary N) is 2. The van der Waals surface area contributed by atoms with Crippen molar-refractivity contribution in [2.75, 3.05) is 23.4 Å². The van der Waals surface area contributed by atoms with Gasteiger partial charge in [-0.2, -0.15) is 4.37 Å². The van der Waals surface area contributed by atoms with Crippen molar-refractivity contribution in [2.24, 2.45) is 5.16 Å². The summed E-state index contributed by atoms with van der Waals surface area (Å²) >= 11 is 5.46. The van der Waals surface area contributed by atoms with E-state index in [1.54, 1.807) is 5.38 Å². The summed E-state index contributed by atoms with van der Waals surface area (Å²) in [5, 5.41) is 12.8. The lowest BCUT2D eigenvalue weighted by Gasteiger charge is -2.49. The number of carbonyl (C=O) groups is 3. The first kappa shape index (κ1) is 46.1. The lowest BCUT2D eigenvalue weighted by molar-refractivity contribution is -0.162. The van der Waals surface area contributed by atoms with E-state index in [2.05, 4.69) is 61.5 Å². The minimum Gasteiger partial charge on any atom is -0.448 e. The van der Waals surface area contributed by atoms with E-state index in [9.17, 15) is 14.4 Å². The van der Waals surface area contributed by atoms with E-state index in [4.69, 9.17) is 19.3 Å². The molecule has 348 valence electrons. The third kappa shape index (κ3) is 9.96. The molecular weight excluding hydrogens is 947 g/mol. The first-order chi connectivity index (χ1) is 34.0. The van der Waals surface area contributed by atoms with Crippen LogP contribution in [0.5, 0.6) is 0 Å². The average Bonchev–Trinajstić information content (AvgIpc) is 4.12.